The number of hydrogen-bond acceptors (Lipinski definition) is 9. The van der Waals surface area contributed by atoms with Gasteiger partial charge in [0.1, 0.15) is 46.8 Å². The van der Waals surface area contributed by atoms with E-state index in [4.69, 9.17) is 9.47 Å². The predicted octanol–water partition coefficient (Wildman–Crippen LogP) is 4.46. The average molecular weight is 818 g/mol. The van der Waals surface area contributed by atoms with Crippen molar-refractivity contribution in [2.45, 2.75) is 114 Å². The zero-order valence-electron chi connectivity index (χ0n) is 31.8. The van der Waals surface area contributed by atoms with Gasteiger partial charge in [-0.15, -0.1) is 0 Å². The molecular formula is C39H46F3N5O9S. The molecule has 2 aromatic rings. The molecule has 1 aliphatic carbocycles. The molecule has 3 aliphatic heterocycles. The number of fused-ring (bicyclic) bond motifs is 3. The Labute approximate surface area is 328 Å². The normalized spacial score (nSPS) is 25.8. The van der Waals surface area contributed by atoms with Crippen molar-refractivity contribution in [3.63, 3.8) is 0 Å². The lowest BCUT2D eigenvalue weighted by Gasteiger charge is -2.30. The number of nitrogens with zero attached hydrogens (tertiary/aromatic N) is 2. The van der Waals surface area contributed by atoms with Crippen LogP contribution in [0.15, 0.2) is 48.6 Å². The average Bonchev–Trinajstić information content (AvgIpc) is 3.40. The highest BCUT2D eigenvalue weighted by Gasteiger charge is 2.61. The van der Waals surface area contributed by atoms with Gasteiger partial charge in [-0.2, -0.15) is 0 Å². The fraction of sp³-hybridized carbons (Fsp3) is 0.513. The van der Waals surface area contributed by atoms with Gasteiger partial charge in [-0.3, -0.25) is 24.0 Å². The van der Waals surface area contributed by atoms with E-state index in [1.807, 2.05) is 10.8 Å². The first-order chi connectivity index (χ1) is 26.8. The number of nitrogens with one attached hydrogen (secondary N) is 3. The smallest absolute Gasteiger partial charge is 0.410 e. The molecule has 6 rings (SSSR count). The van der Waals surface area contributed by atoms with Gasteiger partial charge in [0, 0.05) is 30.0 Å². The van der Waals surface area contributed by atoms with Crippen LogP contribution < -0.4 is 15.4 Å². The molecule has 0 aromatic heterocycles. The van der Waals surface area contributed by atoms with Gasteiger partial charge in [0.25, 0.3) is 5.91 Å². The summed E-state index contributed by atoms with van der Waals surface area (Å²) in [6.45, 7) is 4.73. The second-order valence-electron chi connectivity index (χ2n) is 15.9. The van der Waals surface area contributed by atoms with Gasteiger partial charge in [0.05, 0.1) is 18.8 Å². The number of carbonyl (C=O) groups is 5. The summed E-state index contributed by atoms with van der Waals surface area (Å²) in [6.07, 6.45) is 3.13. The molecule has 57 heavy (non-hydrogen) atoms. The minimum atomic E-state index is -4.61. The highest BCUT2D eigenvalue weighted by atomic mass is 32.2. The van der Waals surface area contributed by atoms with Crippen molar-refractivity contribution in [1.82, 2.24) is 25.2 Å². The molecule has 0 bridgehead atoms. The number of halogens is 3. The summed E-state index contributed by atoms with van der Waals surface area (Å²) in [6, 6.07) is 4.28. The maximum absolute atomic E-state index is 14.5. The monoisotopic (exact) mass is 817 g/mol. The van der Waals surface area contributed by atoms with Crippen molar-refractivity contribution < 1.29 is 55.0 Å². The Hall–Kier alpha value is -5.13. The Bertz CT molecular complexity index is 2080. The highest BCUT2D eigenvalue weighted by molar-refractivity contribution is 7.89. The van der Waals surface area contributed by atoms with Gasteiger partial charge < -0.3 is 25.0 Å². The molecular weight excluding hydrogens is 772 g/mol. The molecule has 5 amide bonds. The van der Waals surface area contributed by atoms with E-state index in [2.05, 4.69) is 10.6 Å². The van der Waals surface area contributed by atoms with Crippen LogP contribution in [0, 0.1) is 23.4 Å². The number of sulfonamides is 1. The first-order valence-electron chi connectivity index (χ1n) is 18.8. The maximum Gasteiger partial charge on any atom is 0.410 e. The molecule has 0 radical (unpaired) electrons. The Morgan fingerprint density at radius 1 is 1.02 bits per heavy atom. The van der Waals surface area contributed by atoms with E-state index in [0.717, 1.165) is 17.0 Å². The summed E-state index contributed by atoms with van der Waals surface area (Å²) < 4.78 is 82.0. The van der Waals surface area contributed by atoms with Crippen LogP contribution in [0.3, 0.4) is 0 Å². The quantitative estimate of drug-likeness (QED) is 0.355. The summed E-state index contributed by atoms with van der Waals surface area (Å²) in [5.74, 6) is -6.72. The second kappa shape index (κ2) is 16.4. The number of amides is 5. The van der Waals surface area contributed by atoms with Crippen LogP contribution in [0.1, 0.15) is 82.4 Å². The molecule has 2 fully saturated rings. The lowest BCUT2D eigenvalue weighted by molar-refractivity contribution is -0.141. The SMILES string of the molecule is CC(C)(C)OC(=O)N[C@H]1CCCCC/C=C\[C@@H]2C[C@@]2(C(=O)NS(=O)(=O)Cc2cc(F)ccc2F)NC(=O)[C@@H]2C[C@@H](OC(=O)N3Cc4cccc(F)c4C3)CN2C1=O. The fourth-order valence-corrected chi connectivity index (χ4v) is 8.64. The Morgan fingerprint density at radius 3 is 2.53 bits per heavy atom. The minimum absolute atomic E-state index is 0.0150. The van der Waals surface area contributed by atoms with Crippen LogP contribution in [0.5, 0.6) is 0 Å². The summed E-state index contributed by atoms with van der Waals surface area (Å²) in [5, 5.41) is 5.30. The minimum Gasteiger partial charge on any atom is -0.444 e. The maximum atomic E-state index is 14.5. The molecule has 5 atom stereocenters. The summed E-state index contributed by atoms with van der Waals surface area (Å²) in [4.78, 5) is 71.2. The third-order valence-corrected chi connectivity index (χ3v) is 11.6. The van der Waals surface area contributed by atoms with Crippen molar-refractivity contribution in [1.29, 1.82) is 0 Å². The van der Waals surface area contributed by atoms with Crippen molar-refractivity contribution >= 4 is 39.9 Å². The summed E-state index contributed by atoms with van der Waals surface area (Å²) in [7, 11) is -4.61. The van der Waals surface area contributed by atoms with Crippen molar-refractivity contribution in [2.24, 2.45) is 5.92 Å². The van der Waals surface area contributed by atoms with E-state index in [-0.39, 0.29) is 38.9 Å². The molecule has 0 spiro atoms. The molecule has 18 heteroatoms. The van der Waals surface area contributed by atoms with Gasteiger partial charge >= 0.3 is 12.2 Å². The molecule has 1 saturated carbocycles. The van der Waals surface area contributed by atoms with Crippen molar-refractivity contribution in [3.05, 3.63) is 82.7 Å². The number of alkyl carbamates (subject to hydrolysis) is 1. The van der Waals surface area contributed by atoms with E-state index < -0.39 is 104 Å². The van der Waals surface area contributed by atoms with Crippen molar-refractivity contribution in [3.8, 4) is 0 Å². The topological polar surface area (TPSA) is 181 Å². The number of allylic oxidation sites excluding steroid dienone is 1. The third kappa shape index (κ3) is 9.88. The first-order valence-corrected chi connectivity index (χ1v) is 20.5. The predicted molar refractivity (Wildman–Crippen MR) is 198 cm³/mol. The fourth-order valence-electron chi connectivity index (χ4n) is 7.47. The van der Waals surface area contributed by atoms with Crippen LogP contribution in [0.4, 0.5) is 22.8 Å². The highest BCUT2D eigenvalue weighted by Crippen LogP contribution is 2.46. The van der Waals surface area contributed by atoms with E-state index in [9.17, 15) is 45.6 Å². The number of benzene rings is 2. The van der Waals surface area contributed by atoms with E-state index >= 15 is 0 Å². The zero-order valence-corrected chi connectivity index (χ0v) is 32.6. The van der Waals surface area contributed by atoms with Gasteiger partial charge in [-0.1, -0.05) is 37.1 Å². The number of ether oxygens (including phenoxy) is 2. The van der Waals surface area contributed by atoms with Gasteiger partial charge in [0.15, 0.2) is 0 Å². The lowest BCUT2D eigenvalue weighted by Crippen LogP contribution is -2.58. The van der Waals surface area contributed by atoms with Crippen LogP contribution in [-0.4, -0.2) is 84.0 Å². The Kier molecular flexibility index (Phi) is 11.9. The first kappa shape index (κ1) is 41.5. The zero-order chi connectivity index (χ0) is 41.3. The van der Waals surface area contributed by atoms with E-state index in [0.29, 0.717) is 42.9 Å². The molecule has 1 saturated heterocycles. The third-order valence-electron chi connectivity index (χ3n) is 10.4. The molecule has 3 N–H and O–H groups in total. The van der Waals surface area contributed by atoms with Crippen LogP contribution in [0.25, 0.3) is 0 Å². The molecule has 4 aliphatic rings. The van der Waals surface area contributed by atoms with Gasteiger partial charge in [0.2, 0.25) is 21.8 Å². The van der Waals surface area contributed by atoms with Crippen LogP contribution in [0.2, 0.25) is 0 Å². The molecule has 14 nitrogen and oxygen atoms in total. The standard InChI is InChI=1S/C39H46F3N5O9S/c1-38(2,3)56-36(51)43-31-13-8-6-4-5-7-11-25-18-39(25,35(50)45-57(53,54)22-24-16-26(40)14-15-29(24)41)44-33(48)32-17-27(20-47(32)34(31)49)55-37(52)46-19-23-10-9-12-30(42)28(23)21-46/h7,9-12,14-16,25,27,31-32H,4-6,8,13,17-22H2,1-3H3,(H,43,51)(H,44,48)(H,45,50)/b11-7-/t25-,27-,31+,32+,39-/m1/s1. The van der Waals surface area contributed by atoms with Crippen molar-refractivity contribution in [2.75, 3.05) is 6.54 Å². The molecule has 2 aromatic carbocycles. The van der Waals surface area contributed by atoms with Gasteiger partial charge in [-0.05, 0) is 76.3 Å². The van der Waals surface area contributed by atoms with Crippen LogP contribution in [-0.2, 0) is 52.7 Å². The van der Waals surface area contributed by atoms with Gasteiger partial charge in [-0.25, -0.2) is 31.2 Å². The number of rotatable bonds is 6. The number of hydrogen-bond donors (Lipinski definition) is 3. The molecule has 0 unspecified atom stereocenters. The Morgan fingerprint density at radius 2 is 1.79 bits per heavy atom. The largest absolute Gasteiger partial charge is 0.444 e. The summed E-state index contributed by atoms with van der Waals surface area (Å²) in [5.41, 5.74) is -2.24. The van der Waals surface area contributed by atoms with E-state index in [1.54, 1.807) is 32.9 Å². The lowest BCUT2D eigenvalue weighted by atomic mass is 10.0. The molecule has 308 valence electrons. The second-order valence-corrected chi connectivity index (χ2v) is 17.7. The van der Waals surface area contributed by atoms with Crippen LogP contribution >= 0.6 is 0 Å². The molecule has 3 heterocycles. The van der Waals surface area contributed by atoms with E-state index in [1.165, 1.54) is 17.0 Å². The summed E-state index contributed by atoms with van der Waals surface area (Å²) >= 11 is 0. The number of carbonyl (C=O) groups excluding carboxylic acids is 5. The Balaban J connectivity index is 1.26.